The van der Waals surface area contributed by atoms with Gasteiger partial charge >= 0.3 is 7.69 Å². The summed E-state index contributed by atoms with van der Waals surface area (Å²) in [7, 11) is -0.347. The van der Waals surface area contributed by atoms with E-state index >= 15 is 0 Å². The summed E-state index contributed by atoms with van der Waals surface area (Å²) in [5.74, 6) is 0.627. The minimum Gasteiger partial charge on any atom is -0.539 e. The van der Waals surface area contributed by atoms with Crippen molar-refractivity contribution in [2.24, 2.45) is 0 Å². The van der Waals surface area contributed by atoms with E-state index in [1.165, 1.54) is 11.1 Å². The van der Waals surface area contributed by atoms with Crippen molar-refractivity contribution in [2.45, 2.75) is 0 Å². The average molecular weight is 365 g/mol. The minimum absolute atomic E-state index is 0.347. The zero-order valence-electron chi connectivity index (χ0n) is 15.4. The number of rotatable bonds is 6. The minimum atomic E-state index is -0.347. The molecule has 0 aliphatic carbocycles. The lowest BCUT2D eigenvalue weighted by Crippen LogP contribution is -2.10. The SMILES string of the molecule is OBOc1cccc(N(c2ccccc2)c2ccc(-c3ccccc3)cc2)c1. The van der Waals surface area contributed by atoms with Gasteiger partial charge in [0.25, 0.3) is 0 Å². The topological polar surface area (TPSA) is 32.7 Å². The second kappa shape index (κ2) is 8.46. The van der Waals surface area contributed by atoms with Crippen LogP contribution in [0.2, 0.25) is 0 Å². The molecule has 0 radical (unpaired) electrons. The number of hydrogen-bond donors (Lipinski definition) is 1. The van der Waals surface area contributed by atoms with Crippen LogP contribution in [0.25, 0.3) is 11.1 Å². The molecule has 0 bridgehead atoms. The lowest BCUT2D eigenvalue weighted by atomic mass is 10.0. The van der Waals surface area contributed by atoms with Gasteiger partial charge in [-0.3, -0.25) is 0 Å². The van der Waals surface area contributed by atoms with E-state index in [0.717, 1.165) is 17.1 Å². The Hall–Kier alpha value is -3.50. The summed E-state index contributed by atoms with van der Waals surface area (Å²) in [6, 6.07) is 36.8. The zero-order valence-corrected chi connectivity index (χ0v) is 15.4. The Kier molecular flexibility index (Phi) is 5.41. The predicted octanol–water partition coefficient (Wildman–Crippen LogP) is 5.46. The Bertz CT molecular complexity index is 1020. The van der Waals surface area contributed by atoms with Crippen molar-refractivity contribution in [1.82, 2.24) is 0 Å². The highest BCUT2D eigenvalue weighted by Gasteiger charge is 2.13. The molecule has 0 saturated heterocycles. The largest absolute Gasteiger partial charge is 0.539 e. The summed E-state index contributed by atoms with van der Waals surface area (Å²) in [6.45, 7) is 0. The van der Waals surface area contributed by atoms with Crippen molar-refractivity contribution in [3.05, 3.63) is 109 Å². The Labute approximate surface area is 165 Å². The van der Waals surface area contributed by atoms with Gasteiger partial charge in [-0.25, -0.2) is 0 Å². The molecule has 0 heterocycles. The summed E-state index contributed by atoms with van der Waals surface area (Å²) in [4.78, 5) is 2.17. The smallest absolute Gasteiger partial charge is 0.504 e. The van der Waals surface area contributed by atoms with E-state index in [1.807, 2.05) is 60.7 Å². The highest BCUT2D eigenvalue weighted by atomic mass is 16.5. The van der Waals surface area contributed by atoms with E-state index in [9.17, 15) is 0 Å². The first kappa shape index (κ1) is 17.9. The summed E-state index contributed by atoms with van der Waals surface area (Å²) in [5, 5.41) is 9.09. The molecule has 0 saturated carbocycles. The van der Waals surface area contributed by atoms with Gasteiger partial charge in [-0.2, -0.15) is 0 Å². The molecule has 4 aromatic carbocycles. The van der Waals surface area contributed by atoms with E-state index in [2.05, 4.69) is 53.4 Å². The molecule has 0 spiro atoms. The third-order valence-electron chi connectivity index (χ3n) is 4.55. The van der Waals surface area contributed by atoms with Crippen LogP contribution in [0.15, 0.2) is 109 Å². The van der Waals surface area contributed by atoms with Crippen molar-refractivity contribution in [2.75, 3.05) is 4.90 Å². The fourth-order valence-corrected chi connectivity index (χ4v) is 3.24. The lowest BCUT2D eigenvalue weighted by molar-refractivity contribution is 0.454. The molecule has 0 atom stereocenters. The van der Waals surface area contributed by atoms with Gasteiger partial charge in [0, 0.05) is 23.1 Å². The highest BCUT2D eigenvalue weighted by Crippen LogP contribution is 2.36. The first-order chi connectivity index (χ1) is 13.8. The molecule has 0 aromatic heterocycles. The number of benzene rings is 4. The Morgan fingerprint density at radius 1 is 0.571 bits per heavy atom. The van der Waals surface area contributed by atoms with Crippen LogP contribution in [0.3, 0.4) is 0 Å². The van der Waals surface area contributed by atoms with Gasteiger partial charge in [0.1, 0.15) is 5.75 Å². The summed E-state index contributed by atoms with van der Waals surface area (Å²) in [5.41, 5.74) is 5.43. The van der Waals surface area contributed by atoms with Crippen molar-refractivity contribution in [1.29, 1.82) is 0 Å². The molecule has 28 heavy (non-hydrogen) atoms. The second-order valence-corrected chi connectivity index (χ2v) is 6.35. The normalized spacial score (nSPS) is 10.3. The molecule has 0 aliphatic heterocycles. The van der Waals surface area contributed by atoms with Crippen LogP contribution in [0, 0.1) is 0 Å². The summed E-state index contributed by atoms with van der Waals surface area (Å²) in [6.07, 6.45) is 0. The van der Waals surface area contributed by atoms with E-state index in [4.69, 9.17) is 9.68 Å². The molecule has 0 fully saturated rings. The van der Waals surface area contributed by atoms with Crippen LogP contribution in [0.5, 0.6) is 5.75 Å². The molecule has 0 amide bonds. The monoisotopic (exact) mass is 365 g/mol. The molecule has 136 valence electrons. The van der Waals surface area contributed by atoms with Gasteiger partial charge in [0.15, 0.2) is 0 Å². The maximum Gasteiger partial charge on any atom is 0.504 e. The van der Waals surface area contributed by atoms with Crippen LogP contribution in [0.4, 0.5) is 17.1 Å². The maximum atomic E-state index is 9.09. The summed E-state index contributed by atoms with van der Waals surface area (Å²) < 4.78 is 5.27. The van der Waals surface area contributed by atoms with Crippen molar-refractivity contribution in [3.8, 4) is 16.9 Å². The maximum absolute atomic E-state index is 9.09. The van der Waals surface area contributed by atoms with Crippen LogP contribution >= 0.6 is 0 Å². The average Bonchev–Trinajstić information content (AvgIpc) is 2.76. The molecular weight excluding hydrogens is 345 g/mol. The van der Waals surface area contributed by atoms with Crippen LogP contribution in [-0.4, -0.2) is 12.7 Å². The Morgan fingerprint density at radius 3 is 1.82 bits per heavy atom. The molecule has 3 nitrogen and oxygen atoms in total. The van der Waals surface area contributed by atoms with Crippen LogP contribution < -0.4 is 9.55 Å². The number of nitrogens with zero attached hydrogens (tertiary/aromatic N) is 1. The number of para-hydroxylation sites is 1. The van der Waals surface area contributed by atoms with Crippen molar-refractivity contribution < 1.29 is 9.68 Å². The fraction of sp³-hybridized carbons (Fsp3) is 0. The van der Waals surface area contributed by atoms with Gasteiger partial charge in [0.2, 0.25) is 0 Å². The van der Waals surface area contributed by atoms with E-state index in [1.54, 1.807) is 0 Å². The Morgan fingerprint density at radius 2 is 1.14 bits per heavy atom. The van der Waals surface area contributed by atoms with Gasteiger partial charge in [-0.05, 0) is 47.5 Å². The Balaban J connectivity index is 1.75. The molecular formula is C24H20BNO2. The van der Waals surface area contributed by atoms with E-state index in [-0.39, 0.29) is 7.69 Å². The number of anilines is 3. The summed E-state index contributed by atoms with van der Waals surface area (Å²) >= 11 is 0. The second-order valence-electron chi connectivity index (χ2n) is 6.35. The molecule has 1 N–H and O–H groups in total. The van der Waals surface area contributed by atoms with Gasteiger partial charge < -0.3 is 14.6 Å². The first-order valence-corrected chi connectivity index (χ1v) is 9.19. The third kappa shape index (κ3) is 3.92. The molecule has 4 rings (SSSR count). The molecule has 0 aliphatic rings. The van der Waals surface area contributed by atoms with E-state index in [0.29, 0.717) is 5.75 Å². The quantitative estimate of drug-likeness (QED) is 0.461. The first-order valence-electron chi connectivity index (χ1n) is 9.19. The van der Waals surface area contributed by atoms with Gasteiger partial charge in [-0.15, -0.1) is 0 Å². The standard InChI is InChI=1S/C24H20BNO2/c27-25-28-24-13-7-12-23(18-24)26(21-10-5-2-6-11-21)22-16-14-20(15-17-22)19-8-3-1-4-9-19/h1-18,25,27H. The highest BCUT2D eigenvalue weighted by molar-refractivity contribution is 6.17. The zero-order chi connectivity index (χ0) is 19.2. The van der Waals surface area contributed by atoms with E-state index < -0.39 is 0 Å². The number of hydrogen-bond acceptors (Lipinski definition) is 3. The van der Waals surface area contributed by atoms with Crippen LogP contribution in [0.1, 0.15) is 0 Å². The van der Waals surface area contributed by atoms with Gasteiger partial charge in [-0.1, -0.05) is 66.7 Å². The molecule has 4 heteroatoms. The molecule has 0 unspecified atom stereocenters. The predicted molar refractivity (Wildman–Crippen MR) is 117 cm³/mol. The van der Waals surface area contributed by atoms with Gasteiger partial charge in [0.05, 0.1) is 0 Å². The van der Waals surface area contributed by atoms with Crippen LogP contribution in [-0.2, 0) is 0 Å². The fourth-order valence-electron chi connectivity index (χ4n) is 3.24. The lowest BCUT2D eigenvalue weighted by Gasteiger charge is -2.26. The third-order valence-corrected chi connectivity index (χ3v) is 4.55. The van der Waals surface area contributed by atoms with Crippen molar-refractivity contribution >= 4 is 24.7 Å². The molecule has 4 aromatic rings. The van der Waals surface area contributed by atoms with Crippen molar-refractivity contribution in [3.63, 3.8) is 0 Å².